The molecular formula is C19H38IN5O. The van der Waals surface area contributed by atoms with Gasteiger partial charge < -0.3 is 15.4 Å². The number of nitrogens with one attached hydrogen (secondary N) is 2. The van der Waals surface area contributed by atoms with Crippen LogP contribution in [0.1, 0.15) is 57.0 Å². The largest absolute Gasteiger partial charge is 0.383 e. The van der Waals surface area contributed by atoms with Crippen LogP contribution in [0.15, 0.2) is 4.99 Å². The normalized spacial score (nSPS) is 12.8. The summed E-state index contributed by atoms with van der Waals surface area (Å²) < 4.78 is 7.16. The van der Waals surface area contributed by atoms with E-state index in [0.29, 0.717) is 12.6 Å². The fourth-order valence-electron chi connectivity index (χ4n) is 2.89. The van der Waals surface area contributed by atoms with Gasteiger partial charge in [0, 0.05) is 38.0 Å². The maximum atomic E-state index is 5.15. The van der Waals surface area contributed by atoms with Gasteiger partial charge in [0.25, 0.3) is 0 Å². The zero-order valence-corrected chi connectivity index (χ0v) is 19.9. The number of halogens is 1. The van der Waals surface area contributed by atoms with Crippen LogP contribution in [-0.4, -0.2) is 42.5 Å². The lowest BCUT2D eigenvalue weighted by atomic mass is 10.0. The van der Waals surface area contributed by atoms with Crippen molar-refractivity contribution < 1.29 is 4.74 Å². The van der Waals surface area contributed by atoms with E-state index < -0.39 is 0 Å². The van der Waals surface area contributed by atoms with Gasteiger partial charge in [-0.05, 0) is 33.1 Å². The predicted molar refractivity (Wildman–Crippen MR) is 120 cm³/mol. The van der Waals surface area contributed by atoms with Crippen LogP contribution in [0.4, 0.5) is 0 Å². The second-order valence-electron chi connectivity index (χ2n) is 7.16. The molecule has 0 amide bonds. The number of aryl methyl sites for hydroxylation is 1. The Morgan fingerprint density at radius 1 is 1.23 bits per heavy atom. The van der Waals surface area contributed by atoms with E-state index in [4.69, 9.17) is 4.74 Å². The molecule has 26 heavy (non-hydrogen) atoms. The molecule has 0 fully saturated rings. The molecule has 6 nitrogen and oxygen atoms in total. The van der Waals surface area contributed by atoms with E-state index in [1.54, 1.807) is 7.11 Å². The number of aromatic nitrogens is 2. The quantitative estimate of drug-likeness (QED) is 0.306. The Labute approximate surface area is 176 Å². The summed E-state index contributed by atoms with van der Waals surface area (Å²) in [6.45, 7) is 13.1. The minimum absolute atomic E-state index is 0. The second-order valence-corrected chi connectivity index (χ2v) is 7.16. The summed E-state index contributed by atoms with van der Waals surface area (Å²) in [5.74, 6) is 1.62. The molecule has 0 aliphatic rings. The molecule has 1 unspecified atom stereocenters. The molecule has 0 aliphatic carbocycles. The predicted octanol–water partition coefficient (Wildman–Crippen LogP) is 3.64. The highest BCUT2D eigenvalue weighted by atomic mass is 127. The molecule has 0 saturated heterocycles. The summed E-state index contributed by atoms with van der Waals surface area (Å²) in [5, 5.41) is 11.5. The summed E-state index contributed by atoms with van der Waals surface area (Å²) in [6.07, 6.45) is 3.68. The number of methoxy groups -OCH3 is 1. The maximum absolute atomic E-state index is 5.15. The summed E-state index contributed by atoms with van der Waals surface area (Å²) in [6, 6.07) is 0.413. The van der Waals surface area contributed by atoms with E-state index in [1.807, 2.05) is 11.7 Å². The van der Waals surface area contributed by atoms with E-state index >= 15 is 0 Å². The Kier molecular flexibility index (Phi) is 12.9. The molecule has 1 atom stereocenters. The number of rotatable bonds is 10. The Balaban J connectivity index is 0.00000625. The molecule has 1 rings (SSSR count). The number of ether oxygens (including phenoxy) is 1. The lowest BCUT2D eigenvalue weighted by Gasteiger charge is -2.18. The third-order valence-electron chi connectivity index (χ3n) is 4.50. The van der Waals surface area contributed by atoms with Crippen LogP contribution in [-0.2, 0) is 17.8 Å². The number of nitrogens with zero attached hydrogens (tertiary/aromatic N) is 3. The fraction of sp³-hybridized carbons (Fsp3) is 0.789. The molecule has 0 spiro atoms. The van der Waals surface area contributed by atoms with Crippen LogP contribution in [0.3, 0.4) is 0 Å². The lowest BCUT2D eigenvalue weighted by Crippen LogP contribution is -2.42. The molecule has 1 aromatic heterocycles. The summed E-state index contributed by atoms with van der Waals surface area (Å²) in [5.41, 5.74) is 3.47. The topological polar surface area (TPSA) is 63.5 Å². The SMILES string of the molecule is CN=C(NCc1c(C)nn(CCOC)c1C)NC(C)CCCC(C)C.I. The van der Waals surface area contributed by atoms with Crippen molar-refractivity contribution in [3.05, 3.63) is 17.0 Å². The molecule has 0 aliphatic heterocycles. The molecule has 1 heterocycles. The molecule has 1 aromatic rings. The van der Waals surface area contributed by atoms with Gasteiger partial charge in [-0.25, -0.2) is 0 Å². The van der Waals surface area contributed by atoms with E-state index in [2.05, 4.69) is 55.3 Å². The van der Waals surface area contributed by atoms with Crippen molar-refractivity contribution >= 4 is 29.9 Å². The minimum atomic E-state index is 0. The van der Waals surface area contributed by atoms with Crippen LogP contribution in [0.5, 0.6) is 0 Å². The third kappa shape index (κ3) is 8.70. The standard InChI is InChI=1S/C19H37N5O.HI/c1-14(2)9-8-10-15(3)22-19(20-6)21-13-18-16(4)23-24(17(18)5)11-12-25-7;/h14-15H,8-13H2,1-7H3,(H2,20,21,22);1H. The summed E-state index contributed by atoms with van der Waals surface area (Å²) in [7, 11) is 3.53. The average molecular weight is 479 g/mol. The van der Waals surface area contributed by atoms with Crippen molar-refractivity contribution in [3.8, 4) is 0 Å². The van der Waals surface area contributed by atoms with E-state index in [9.17, 15) is 0 Å². The Bertz CT molecular complexity index is 542. The highest BCUT2D eigenvalue weighted by molar-refractivity contribution is 14.0. The highest BCUT2D eigenvalue weighted by Gasteiger charge is 2.12. The van der Waals surface area contributed by atoms with Crippen molar-refractivity contribution in [2.75, 3.05) is 20.8 Å². The van der Waals surface area contributed by atoms with E-state index in [-0.39, 0.29) is 24.0 Å². The van der Waals surface area contributed by atoms with Crippen molar-refractivity contribution in [1.82, 2.24) is 20.4 Å². The fourth-order valence-corrected chi connectivity index (χ4v) is 2.89. The Hall–Kier alpha value is -0.830. The minimum Gasteiger partial charge on any atom is -0.383 e. The molecule has 152 valence electrons. The van der Waals surface area contributed by atoms with Crippen LogP contribution in [0.25, 0.3) is 0 Å². The molecule has 0 aromatic carbocycles. The molecule has 0 saturated carbocycles. The first kappa shape index (κ1) is 25.2. The number of guanidine groups is 1. The van der Waals surface area contributed by atoms with Crippen LogP contribution >= 0.6 is 24.0 Å². The van der Waals surface area contributed by atoms with Crippen LogP contribution in [0.2, 0.25) is 0 Å². The average Bonchev–Trinajstić information content (AvgIpc) is 2.83. The van der Waals surface area contributed by atoms with Crippen molar-refractivity contribution in [2.24, 2.45) is 10.9 Å². The Morgan fingerprint density at radius 2 is 1.92 bits per heavy atom. The Morgan fingerprint density at radius 3 is 2.50 bits per heavy atom. The van der Waals surface area contributed by atoms with Crippen molar-refractivity contribution in [2.45, 2.75) is 73.0 Å². The first-order valence-electron chi connectivity index (χ1n) is 9.38. The van der Waals surface area contributed by atoms with Gasteiger partial charge >= 0.3 is 0 Å². The molecule has 0 bridgehead atoms. The summed E-state index contributed by atoms with van der Waals surface area (Å²) >= 11 is 0. The van der Waals surface area contributed by atoms with Gasteiger partial charge in [-0.2, -0.15) is 5.10 Å². The maximum Gasteiger partial charge on any atom is 0.191 e. The number of hydrogen-bond donors (Lipinski definition) is 2. The zero-order chi connectivity index (χ0) is 18.8. The molecule has 2 N–H and O–H groups in total. The van der Waals surface area contributed by atoms with E-state index in [1.165, 1.54) is 24.1 Å². The van der Waals surface area contributed by atoms with Gasteiger partial charge in [0.2, 0.25) is 0 Å². The van der Waals surface area contributed by atoms with Crippen molar-refractivity contribution in [1.29, 1.82) is 0 Å². The number of aliphatic imine (C=N–C) groups is 1. The lowest BCUT2D eigenvalue weighted by molar-refractivity contribution is 0.182. The summed E-state index contributed by atoms with van der Waals surface area (Å²) in [4.78, 5) is 4.35. The molecule has 0 radical (unpaired) electrons. The highest BCUT2D eigenvalue weighted by Crippen LogP contribution is 2.13. The van der Waals surface area contributed by atoms with Gasteiger partial charge in [0.1, 0.15) is 0 Å². The monoisotopic (exact) mass is 479 g/mol. The van der Waals surface area contributed by atoms with Crippen LogP contribution < -0.4 is 10.6 Å². The van der Waals surface area contributed by atoms with E-state index in [0.717, 1.165) is 37.1 Å². The van der Waals surface area contributed by atoms with Crippen LogP contribution in [0, 0.1) is 19.8 Å². The number of hydrogen-bond acceptors (Lipinski definition) is 3. The van der Waals surface area contributed by atoms with Gasteiger partial charge in [-0.15, -0.1) is 24.0 Å². The van der Waals surface area contributed by atoms with Gasteiger partial charge in [-0.1, -0.05) is 26.7 Å². The first-order chi connectivity index (χ1) is 11.9. The van der Waals surface area contributed by atoms with Gasteiger partial charge in [-0.3, -0.25) is 9.67 Å². The molecule has 7 heteroatoms. The smallest absolute Gasteiger partial charge is 0.191 e. The first-order valence-corrected chi connectivity index (χ1v) is 9.38. The zero-order valence-electron chi connectivity index (χ0n) is 17.6. The van der Waals surface area contributed by atoms with Gasteiger partial charge in [0.15, 0.2) is 5.96 Å². The van der Waals surface area contributed by atoms with Crippen molar-refractivity contribution in [3.63, 3.8) is 0 Å². The van der Waals surface area contributed by atoms with Gasteiger partial charge in [0.05, 0.1) is 18.8 Å². The molecular weight excluding hydrogens is 441 g/mol. The second kappa shape index (κ2) is 13.4. The third-order valence-corrected chi connectivity index (χ3v) is 4.50.